The van der Waals surface area contributed by atoms with E-state index in [1.54, 1.807) is 12.1 Å². The van der Waals surface area contributed by atoms with Gasteiger partial charge < -0.3 is 20.9 Å². The third-order valence-corrected chi connectivity index (χ3v) is 2.12. The van der Waals surface area contributed by atoms with E-state index < -0.39 is 0 Å². The summed E-state index contributed by atoms with van der Waals surface area (Å²) in [5.74, 6) is 0.116. The minimum atomic E-state index is -0.387. The Kier molecular flexibility index (Phi) is 3.38. The van der Waals surface area contributed by atoms with Crippen LogP contribution < -0.4 is 16.2 Å². The molecule has 0 amide bonds. The number of nitrogens with two attached hydrogens (primary N) is 2. The molecule has 1 aromatic carbocycles. The molecule has 0 fully saturated rings. The lowest BCUT2D eigenvalue weighted by molar-refractivity contribution is -0.139. The SMILES string of the molecule is COC(=O)Cc1c(N)ccc(OC)c1N. The fraction of sp³-hybridized carbons (Fsp3) is 0.300. The third kappa shape index (κ3) is 2.31. The van der Waals surface area contributed by atoms with Gasteiger partial charge in [0.25, 0.3) is 0 Å². The molecule has 15 heavy (non-hydrogen) atoms. The number of carbonyl (C=O) groups excluding carboxylic acids is 1. The topological polar surface area (TPSA) is 87.6 Å². The average molecular weight is 210 g/mol. The molecule has 0 aliphatic heterocycles. The van der Waals surface area contributed by atoms with Crippen molar-refractivity contribution >= 4 is 17.3 Å². The maximum absolute atomic E-state index is 11.1. The van der Waals surface area contributed by atoms with Gasteiger partial charge in [-0.3, -0.25) is 4.79 Å². The number of anilines is 2. The van der Waals surface area contributed by atoms with Crippen LogP contribution in [0.15, 0.2) is 12.1 Å². The second kappa shape index (κ2) is 4.54. The summed E-state index contributed by atoms with van der Waals surface area (Å²) in [6, 6.07) is 3.30. The van der Waals surface area contributed by atoms with E-state index in [9.17, 15) is 4.79 Å². The van der Waals surface area contributed by atoms with E-state index in [1.807, 2.05) is 0 Å². The second-order valence-corrected chi connectivity index (χ2v) is 3.00. The van der Waals surface area contributed by atoms with Gasteiger partial charge in [0.15, 0.2) is 0 Å². The summed E-state index contributed by atoms with van der Waals surface area (Å²) in [7, 11) is 2.82. The zero-order valence-electron chi connectivity index (χ0n) is 8.74. The van der Waals surface area contributed by atoms with Crippen LogP contribution >= 0.6 is 0 Å². The highest BCUT2D eigenvalue weighted by atomic mass is 16.5. The molecule has 0 spiro atoms. The van der Waals surface area contributed by atoms with E-state index >= 15 is 0 Å². The van der Waals surface area contributed by atoms with E-state index in [0.29, 0.717) is 22.7 Å². The smallest absolute Gasteiger partial charge is 0.310 e. The predicted molar refractivity (Wildman–Crippen MR) is 57.5 cm³/mol. The van der Waals surface area contributed by atoms with Gasteiger partial charge >= 0.3 is 5.97 Å². The van der Waals surface area contributed by atoms with E-state index in [0.717, 1.165) is 0 Å². The monoisotopic (exact) mass is 210 g/mol. The summed E-state index contributed by atoms with van der Waals surface area (Å²) >= 11 is 0. The molecule has 0 bridgehead atoms. The Hall–Kier alpha value is -1.91. The lowest BCUT2D eigenvalue weighted by Crippen LogP contribution is -2.10. The van der Waals surface area contributed by atoms with Crippen molar-refractivity contribution in [2.24, 2.45) is 0 Å². The largest absolute Gasteiger partial charge is 0.495 e. The lowest BCUT2D eigenvalue weighted by atomic mass is 10.1. The van der Waals surface area contributed by atoms with Crippen LogP contribution in [0.3, 0.4) is 0 Å². The number of methoxy groups -OCH3 is 2. The first-order valence-corrected chi connectivity index (χ1v) is 4.37. The van der Waals surface area contributed by atoms with Gasteiger partial charge in [-0.15, -0.1) is 0 Å². The van der Waals surface area contributed by atoms with Gasteiger partial charge in [-0.05, 0) is 12.1 Å². The average Bonchev–Trinajstić information content (AvgIpc) is 2.24. The highest BCUT2D eigenvalue weighted by molar-refractivity contribution is 5.80. The van der Waals surface area contributed by atoms with Crippen LogP contribution in [0, 0.1) is 0 Å². The van der Waals surface area contributed by atoms with Crippen molar-refractivity contribution in [3.8, 4) is 5.75 Å². The normalized spacial score (nSPS) is 9.73. The highest BCUT2D eigenvalue weighted by Gasteiger charge is 2.13. The van der Waals surface area contributed by atoms with Gasteiger partial charge in [-0.25, -0.2) is 0 Å². The van der Waals surface area contributed by atoms with Crippen molar-refractivity contribution in [1.82, 2.24) is 0 Å². The molecule has 0 saturated carbocycles. The molecule has 82 valence electrons. The number of esters is 1. The molecule has 1 aromatic rings. The molecule has 0 aliphatic rings. The van der Waals surface area contributed by atoms with Crippen LogP contribution in [0.1, 0.15) is 5.56 Å². The fourth-order valence-corrected chi connectivity index (χ4v) is 1.25. The van der Waals surface area contributed by atoms with Gasteiger partial charge in [-0.1, -0.05) is 0 Å². The molecule has 0 atom stereocenters. The van der Waals surface area contributed by atoms with Crippen LogP contribution in [0.5, 0.6) is 5.75 Å². The Balaban J connectivity index is 3.09. The first-order chi connectivity index (χ1) is 7.10. The summed E-state index contributed by atoms with van der Waals surface area (Å²) in [6.45, 7) is 0. The van der Waals surface area contributed by atoms with E-state index in [4.69, 9.17) is 16.2 Å². The first-order valence-electron chi connectivity index (χ1n) is 4.37. The van der Waals surface area contributed by atoms with Crippen molar-refractivity contribution < 1.29 is 14.3 Å². The number of benzene rings is 1. The van der Waals surface area contributed by atoms with Gasteiger partial charge in [-0.2, -0.15) is 0 Å². The van der Waals surface area contributed by atoms with Crippen molar-refractivity contribution in [3.05, 3.63) is 17.7 Å². The molecule has 5 heteroatoms. The third-order valence-electron chi connectivity index (χ3n) is 2.12. The second-order valence-electron chi connectivity index (χ2n) is 3.00. The summed E-state index contributed by atoms with van der Waals surface area (Å²) in [5.41, 5.74) is 12.9. The van der Waals surface area contributed by atoms with Crippen molar-refractivity contribution in [3.63, 3.8) is 0 Å². The van der Waals surface area contributed by atoms with Gasteiger partial charge in [0, 0.05) is 11.3 Å². The molecule has 0 radical (unpaired) electrons. The molecular formula is C10H14N2O3. The highest BCUT2D eigenvalue weighted by Crippen LogP contribution is 2.30. The van der Waals surface area contributed by atoms with Crippen LogP contribution in [-0.2, 0) is 16.0 Å². The standard InChI is InChI=1S/C10H14N2O3/c1-14-8-4-3-7(11)6(10(8)12)5-9(13)15-2/h3-4H,5,11-12H2,1-2H3. The van der Waals surface area contributed by atoms with E-state index in [2.05, 4.69) is 4.74 Å². The first kappa shape index (κ1) is 11.2. The Morgan fingerprint density at radius 2 is 2.00 bits per heavy atom. The Labute approximate surface area is 88.0 Å². The number of rotatable bonds is 3. The molecule has 0 unspecified atom stereocenters. The van der Waals surface area contributed by atoms with E-state index in [1.165, 1.54) is 14.2 Å². The minimum Gasteiger partial charge on any atom is -0.495 e. The Bertz CT molecular complexity index is 377. The molecule has 4 N–H and O–H groups in total. The molecule has 0 aromatic heterocycles. The maximum atomic E-state index is 11.1. The predicted octanol–water partition coefficient (Wildman–Crippen LogP) is 0.575. The minimum absolute atomic E-state index is 0.0470. The maximum Gasteiger partial charge on any atom is 0.310 e. The molecule has 0 aliphatic carbocycles. The van der Waals surface area contributed by atoms with E-state index in [-0.39, 0.29) is 12.4 Å². The number of hydrogen-bond donors (Lipinski definition) is 2. The molecule has 1 rings (SSSR count). The zero-order valence-corrected chi connectivity index (χ0v) is 8.74. The Morgan fingerprint density at radius 1 is 1.33 bits per heavy atom. The van der Waals surface area contributed by atoms with Crippen molar-refractivity contribution in [2.45, 2.75) is 6.42 Å². The summed E-state index contributed by atoms with van der Waals surface area (Å²) < 4.78 is 9.57. The molecular weight excluding hydrogens is 196 g/mol. The van der Waals surface area contributed by atoms with Crippen LogP contribution in [0.25, 0.3) is 0 Å². The van der Waals surface area contributed by atoms with Crippen LogP contribution in [0.4, 0.5) is 11.4 Å². The van der Waals surface area contributed by atoms with Gasteiger partial charge in [0.05, 0.1) is 26.3 Å². The van der Waals surface area contributed by atoms with Crippen molar-refractivity contribution in [2.75, 3.05) is 25.7 Å². The summed E-state index contributed by atoms with van der Waals surface area (Å²) in [6.07, 6.45) is 0.0470. The Morgan fingerprint density at radius 3 is 2.53 bits per heavy atom. The molecule has 0 saturated heterocycles. The summed E-state index contributed by atoms with van der Waals surface area (Å²) in [5, 5.41) is 0. The van der Waals surface area contributed by atoms with Crippen LogP contribution in [-0.4, -0.2) is 20.2 Å². The zero-order chi connectivity index (χ0) is 11.4. The number of ether oxygens (including phenoxy) is 2. The summed E-state index contributed by atoms with van der Waals surface area (Å²) in [4.78, 5) is 11.1. The van der Waals surface area contributed by atoms with Crippen molar-refractivity contribution in [1.29, 1.82) is 0 Å². The number of hydrogen-bond acceptors (Lipinski definition) is 5. The quantitative estimate of drug-likeness (QED) is 0.562. The molecule has 0 heterocycles. The fourth-order valence-electron chi connectivity index (χ4n) is 1.25. The van der Waals surface area contributed by atoms with Gasteiger partial charge in [0.2, 0.25) is 0 Å². The number of nitrogen functional groups attached to an aromatic ring is 2. The van der Waals surface area contributed by atoms with Gasteiger partial charge in [0.1, 0.15) is 5.75 Å². The van der Waals surface area contributed by atoms with Crippen LogP contribution in [0.2, 0.25) is 0 Å². The molecule has 5 nitrogen and oxygen atoms in total. The number of carbonyl (C=O) groups is 1. The lowest BCUT2D eigenvalue weighted by Gasteiger charge is -2.11.